The van der Waals surface area contributed by atoms with Gasteiger partial charge in [0.2, 0.25) is 11.6 Å². The van der Waals surface area contributed by atoms with Crippen LogP contribution in [-0.2, 0) is 9.47 Å². The van der Waals surface area contributed by atoms with Gasteiger partial charge < -0.3 is 39.5 Å². The molecule has 8 bridgehead atoms. The number of halogens is 4. The molecule has 64 heavy (non-hydrogen) atoms. The minimum atomic E-state index is -1.76. The Labute approximate surface area is 362 Å². The summed E-state index contributed by atoms with van der Waals surface area (Å²) in [5, 5.41) is 31.9. The van der Waals surface area contributed by atoms with Crippen LogP contribution in [0.5, 0.6) is 23.0 Å². The highest BCUT2D eigenvalue weighted by molar-refractivity contribution is 6.00. The summed E-state index contributed by atoms with van der Waals surface area (Å²) < 4.78 is 82.2. The van der Waals surface area contributed by atoms with Gasteiger partial charge in [0.1, 0.15) is 30.0 Å². The van der Waals surface area contributed by atoms with Crippen molar-refractivity contribution in [2.75, 3.05) is 13.2 Å². The van der Waals surface area contributed by atoms with Crippen molar-refractivity contribution >= 4 is 46.4 Å². The van der Waals surface area contributed by atoms with E-state index in [1.165, 1.54) is 36.4 Å². The maximum atomic E-state index is 16.7. The molecule has 320 valence electrons. The summed E-state index contributed by atoms with van der Waals surface area (Å²) in [6.07, 6.45) is 5.90. The number of aromatic hydroxyl groups is 3. The van der Waals surface area contributed by atoms with Crippen LogP contribution >= 0.6 is 0 Å². The highest BCUT2D eigenvalue weighted by Crippen LogP contribution is 2.43. The standard InChI is InChI=1S/C50H36F4N4O6/c1-2-40-62-23-31(64-40)24-63-50-48(53)46(51)45(47(52)49(50)54)44-38-18-16-36(57-38)42(26-7-4-10-29(60)21-26)34-14-12-32(55-34)41(25-6-3-9-28(59)20-25)33-13-15-35(56-33)43(37-17-19-39(44)58-37)27-8-5-11-30(61)22-27/h3-22,31,40,55,58-61H,2,23-24H2,1H3. The Morgan fingerprint density at radius 1 is 0.562 bits per heavy atom. The summed E-state index contributed by atoms with van der Waals surface area (Å²) in [6.45, 7) is 1.46. The van der Waals surface area contributed by atoms with Gasteiger partial charge in [0, 0.05) is 44.3 Å². The Bertz CT molecular complexity index is 3200. The van der Waals surface area contributed by atoms with Gasteiger partial charge in [-0.3, -0.25) is 0 Å². The molecule has 3 aromatic heterocycles. The van der Waals surface area contributed by atoms with Gasteiger partial charge in [-0.05, 0) is 108 Å². The third-order valence-electron chi connectivity index (χ3n) is 11.2. The molecular formula is C50H36F4N4O6. The van der Waals surface area contributed by atoms with Gasteiger partial charge in [0.25, 0.3) is 0 Å². The number of hydrogen-bond acceptors (Lipinski definition) is 8. The first-order valence-electron chi connectivity index (χ1n) is 20.3. The Kier molecular flexibility index (Phi) is 10.2. The molecule has 6 heterocycles. The molecule has 0 spiro atoms. The fourth-order valence-corrected chi connectivity index (χ4v) is 8.31. The minimum Gasteiger partial charge on any atom is -0.508 e. The first-order valence-corrected chi connectivity index (χ1v) is 20.3. The lowest BCUT2D eigenvalue weighted by molar-refractivity contribution is -0.0646. The van der Waals surface area contributed by atoms with Crippen LogP contribution in [0, 0.1) is 23.3 Å². The normalized spacial score (nSPS) is 15.6. The number of phenolic OH excluding ortho intramolecular Hbond substituents is 3. The average Bonchev–Trinajstić information content (AvgIpc) is 4.15. The Morgan fingerprint density at radius 2 is 0.969 bits per heavy atom. The highest BCUT2D eigenvalue weighted by atomic mass is 19.2. The van der Waals surface area contributed by atoms with Crippen LogP contribution in [0.25, 0.3) is 90.9 Å². The zero-order chi connectivity index (χ0) is 44.2. The van der Waals surface area contributed by atoms with Gasteiger partial charge in [-0.15, -0.1) is 0 Å². The van der Waals surface area contributed by atoms with Crippen LogP contribution in [-0.4, -0.2) is 60.9 Å². The molecule has 2 atom stereocenters. The Hall–Kier alpha value is -7.68. The van der Waals surface area contributed by atoms with E-state index in [1.54, 1.807) is 72.8 Å². The van der Waals surface area contributed by atoms with Gasteiger partial charge in [-0.1, -0.05) is 43.3 Å². The number of rotatable bonds is 8. The summed E-state index contributed by atoms with van der Waals surface area (Å²) >= 11 is 0. The number of hydrogen-bond donors (Lipinski definition) is 5. The maximum absolute atomic E-state index is 16.7. The molecule has 4 aromatic carbocycles. The second kappa shape index (κ2) is 16.2. The molecular weight excluding hydrogens is 829 g/mol. The summed E-state index contributed by atoms with van der Waals surface area (Å²) in [5.74, 6) is -8.29. The lowest BCUT2D eigenvalue weighted by Gasteiger charge is -2.16. The molecule has 10 nitrogen and oxygen atoms in total. The quantitative estimate of drug-likeness (QED) is 0.0750. The first kappa shape index (κ1) is 40.4. The summed E-state index contributed by atoms with van der Waals surface area (Å²) in [7, 11) is 0. The first-order chi connectivity index (χ1) is 31.0. The lowest BCUT2D eigenvalue weighted by Crippen LogP contribution is -2.22. The predicted molar refractivity (Wildman–Crippen MR) is 236 cm³/mol. The van der Waals surface area contributed by atoms with E-state index in [4.69, 9.17) is 24.2 Å². The van der Waals surface area contributed by atoms with Crippen LogP contribution in [0.2, 0.25) is 0 Å². The van der Waals surface area contributed by atoms with E-state index in [9.17, 15) is 15.3 Å². The van der Waals surface area contributed by atoms with E-state index in [2.05, 4.69) is 9.97 Å². The Morgan fingerprint density at radius 3 is 1.36 bits per heavy atom. The fraction of sp³-hybridized carbons (Fsp3) is 0.120. The molecule has 10 rings (SSSR count). The predicted octanol–water partition coefficient (Wildman–Crippen LogP) is 11.5. The van der Waals surface area contributed by atoms with Gasteiger partial charge in [-0.2, -0.15) is 8.78 Å². The molecule has 0 saturated carbocycles. The molecule has 7 aromatic rings. The third kappa shape index (κ3) is 7.21. The monoisotopic (exact) mass is 864 g/mol. The number of ether oxygens (including phenoxy) is 3. The lowest BCUT2D eigenvalue weighted by atomic mass is 10.0. The van der Waals surface area contributed by atoms with Crippen LogP contribution in [0.15, 0.2) is 97.1 Å². The maximum Gasteiger partial charge on any atom is 0.204 e. The number of nitrogens with one attached hydrogen (secondary N) is 2. The van der Waals surface area contributed by atoms with E-state index in [0.717, 1.165) is 0 Å². The van der Waals surface area contributed by atoms with Crippen LogP contribution in [0.1, 0.15) is 36.1 Å². The molecule has 14 heteroatoms. The van der Waals surface area contributed by atoms with E-state index in [-0.39, 0.29) is 46.3 Å². The molecule has 0 aliphatic carbocycles. The minimum absolute atomic E-state index is 0.0247. The van der Waals surface area contributed by atoms with Crippen molar-refractivity contribution in [3.05, 3.63) is 143 Å². The smallest absolute Gasteiger partial charge is 0.204 e. The molecule has 3 aliphatic rings. The van der Waals surface area contributed by atoms with Crippen molar-refractivity contribution in [3.63, 3.8) is 0 Å². The largest absolute Gasteiger partial charge is 0.508 e. The van der Waals surface area contributed by atoms with Crippen molar-refractivity contribution in [2.24, 2.45) is 0 Å². The number of H-pyrrole nitrogens is 2. The second-order valence-electron chi connectivity index (χ2n) is 15.4. The molecule has 0 amide bonds. The number of fused-ring (bicyclic) bond motifs is 8. The molecule has 5 N–H and O–H groups in total. The second-order valence-corrected chi connectivity index (χ2v) is 15.4. The molecule has 1 saturated heterocycles. The SMILES string of the molecule is CCC1OCC(COc2c(F)c(F)c(-c3c4nc(c(-c5cccc(O)c5)c5ccc([nH]5)c(-c5cccc(O)c5)c5nc(c(-c6cccc(O)c6)c6ccc3[nH]6)C=C5)C=C4)c(F)c2F)O1. The van der Waals surface area contributed by atoms with E-state index < -0.39 is 53.6 Å². The topological polar surface area (TPSA) is 146 Å². The van der Waals surface area contributed by atoms with E-state index >= 15 is 17.6 Å². The highest BCUT2D eigenvalue weighted by Gasteiger charge is 2.32. The van der Waals surface area contributed by atoms with Crippen LogP contribution < -0.4 is 4.74 Å². The third-order valence-corrected chi connectivity index (χ3v) is 11.2. The molecule has 1 fully saturated rings. The summed E-state index contributed by atoms with van der Waals surface area (Å²) in [4.78, 5) is 16.7. The Balaban J connectivity index is 1.31. The average molecular weight is 865 g/mol. The number of benzene rings is 4. The van der Waals surface area contributed by atoms with Crippen LogP contribution in [0.3, 0.4) is 0 Å². The van der Waals surface area contributed by atoms with E-state index in [0.29, 0.717) is 67.7 Å². The summed E-state index contributed by atoms with van der Waals surface area (Å²) in [5.41, 5.74) is 4.46. The van der Waals surface area contributed by atoms with Crippen molar-refractivity contribution in [3.8, 4) is 67.5 Å². The zero-order valence-electron chi connectivity index (χ0n) is 33.8. The van der Waals surface area contributed by atoms with Crippen molar-refractivity contribution in [1.29, 1.82) is 0 Å². The molecule has 3 aliphatic heterocycles. The number of nitrogens with zero attached hydrogens (tertiary/aromatic N) is 2. The van der Waals surface area contributed by atoms with Crippen molar-refractivity contribution in [2.45, 2.75) is 25.7 Å². The van der Waals surface area contributed by atoms with Crippen molar-refractivity contribution in [1.82, 2.24) is 19.9 Å². The van der Waals surface area contributed by atoms with Crippen LogP contribution in [0.4, 0.5) is 17.6 Å². The summed E-state index contributed by atoms with van der Waals surface area (Å²) in [6, 6.07) is 26.4. The van der Waals surface area contributed by atoms with E-state index in [1.807, 2.05) is 19.1 Å². The van der Waals surface area contributed by atoms with Gasteiger partial charge in [-0.25, -0.2) is 18.7 Å². The number of aromatic amines is 2. The number of aromatic nitrogens is 4. The van der Waals surface area contributed by atoms with Crippen molar-refractivity contribution < 1.29 is 47.1 Å². The molecule has 0 radical (unpaired) electrons. The van der Waals surface area contributed by atoms with Gasteiger partial charge >= 0.3 is 0 Å². The van der Waals surface area contributed by atoms with Gasteiger partial charge in [0.15, 0.2) is 23.7 Å². The zero-order valence-corrected chi connectivity index (χ0v) is 33.8. The fourth-order valence-electron chi connectivity index (χ4n) is 8.31. The molecule has 2 unspecified atom stereocenters. The van der Waals surface area contributed by atoms with Gasteiger partial charge in [0.05, 0.1) is 34.9 Å². The number of phenols is 3.